The van der Waals surface area contributed by atoms with Gasteiger partial charge in [0.05, 0.1) is 19.2 Å². The van der Waals surface area contributed by atoms with Crippen LogP contribution < -0.4 is 10.5 Å². The largest absolute Gasteiger partial charge is 0.496 e. The maximum Gasteiger partial charge on any atom is 0.251 e. The average Bonchev–Trinajstić information content (AvgIpc) is 2.99. The maximum atomic E-state index is 12.4. The lowest BCUT2D eigenvalue weighted by Gasteiger charge is -2.15. The van der Waals surface area contributed by atoms with Crippen LogP contribution in [0.3, 0.4) is 0 Å². The van der Waals surface area contributed by atoms with Gasteiger partial charge in [0, 0.05) is 40.5 Å². The van der Waals surface area contributed by atoms with Gasteiger partial charge >= 0.3 is 0 Å². The van der Waals surface area contributed by atoms with E-state index in [1.54, 1.807) is 19.5 Å². The highest BCUT2D eigenvalue weighted by Gasteiger charge is 2.25. The number of benzene rings is 1. The fraction of sp³-hybridized carbons (Fsp3) is 0.304. The van der Waals surface area contributed by atoms with Crippen LogP contribution in [0.5, 0.6) is 5.75 Å². The topological polar surface area (TPSA) is 70.1 Å². The van der Waals surface area contributed by atoms with Crippen molar-refractivity contribution in [2.45, 2.75) is 39.7 Å². The molecule has 5 nitrogen and oxygen atoms in total. The van der Waals surface area contributed by atoms with E-state index in [-0.39, 0.29) is 0 Å². The Bertz CT molecular complexity index is 961. The van der Waals surface area contributed by atoms with E-state index in [0.29, 0.717) is 12.1 Å². The first-order chi connectivity index (χ1) is 13.6. The molecule has 0 aliphatic rings. The van der Waals surface area contributed by atoms with Crippen LogP contribution in [0, 0.1) is 6.92 Å². The van der Waals surface area contributed by atoms with Crippen LogP contribution in [0.1, 0.15) is 47.1 Å². The standard InChI is InChI=1S/C23H27N3O2/c1-4-5-11-19-22(17-10-8-13-25-14-17)21(23(24)27)16(2)26(19)15-18-9-6-7-12-20(18)28-3/h6-10,12-14H,4-5,11,15H2,1-3H3,(H2,24,27). The van der Waals surface area contributed by atoms with Crippen LogP contribution in [-0.2, 0) is 13.0 Å². The molecule has 2 N–H and O–H groups in total. The number of carbonyl (C=O) groups is 1. The zero-order valence-electron chi connectivity index (χ0n) is 16.7. The molecule has 0 atom stereocenters. The van der Waals surface area contributed by atoms with Gasteiger partial charge in [0.2, 0.25) is 0 Å². The third kappa shape index (κ3) is 3.79. The second-order valence-corrected chi connectivity index (χ2v) is 6.89. The van der Waals surface area contributed by atoms with Crippen LogP contribution in [0.15, 0.2) is 48.8 Å². The molecule has 0 spiro atoms. The van der Waals surface area contributed by atoms with E-state index in [0.717, 1.165) is 53.1 Å². The molecule has 146 valence electrons. The molecule has 0 fully saturated rings. The summed E-state index contributed by atoms with van der Waals surface area (Å²) in [6.45, 7) is 4.75. The van der Waals surface area contributed by atoms with E-state index >= 15 is 0 Å². The van der Waals surface area contributed by atoms with Crippen molar-refractivity contribution in [2.24, 2.45) is 5.73 Å². The molecule has 3 aromatic rings. The summed E-state index contributed by atoms with van der Waals surface area (Å²) in [5, 5.41) is 0. The third-order valence-corrected chi connectivity index (χ3v) is 5.12. The van der Waals surface area contributed by atoms with Gasteiger partial charge in [-0.1, -0.05) is 37.6 Å². The minimum atomic E-state index is -0.409. The van der Waals surface area contributed by atoms with E-state index in [2.05, 4.69) is 22.5 Å². The van der Waals surface area contributed by atoms with Gasteiger partial charge in [0.15, 0.2) is 0 Å². The van der Waals surface area contributed by atoms with E-state index in [1.807, 2.05) is 37.3 Å². The second-order valence-electron chi connectivity index (χ2n) is 6.89. The average molecular weight is 377 g/mol. The number of unbranched alkanes of at least 4 members (excludes halogenated alkanes) is 1. The number of rotatable bonds is 8. The lowest BCUT2D eigenvalue weighted by Crippen LogP contribution is -2.13. The highest BCUT2D eigenvalue weighted by molar-refractivity contribution is 6.02. The summed E-state index contributed by atoms with van der Waals surface area (Å²) in [6.07, 6.45) is 6.49. The van der Waals surface area contributed by atoms with Crippen molar-refractivity contribution in [3.63, 3.8) is 0 Å². The van der Waals surface area contributed by atoms with Crippen LogP contribution in [0.2, 0.25) is 0 Å². The predicted molar refractivity (Wildman–Crippen MR) is 112 cm³/mol. The molecule has 0 saturated heterocycles. The molecule has 3 rings (SSSR count). The predicted octanol–water partition coefficient (Wildman–Crippen LogP) is 4.36. The number of amides is 1. The van der Waals surface area contributed by atoms with Gasteiger partial charge in [0.1, 0.15) is 5.75 Å². The van der Waals surface area contributed by atoms with Gasteiger partial charge in [-0.2, -0.15) is 0 Å². The van der Waals surface area contributed by atoms with Crippen molar-refractivity contribution in [3.05, 3.63) is 71.3 Å². The number of aromatic nitrogens is 2. The monoisotopic (exact) mass is 377 g/mol. The molecule has 0 aliphatic heterocycles. The van der Waals surface area contributed by atoms with Crippen LogP contribution >= 0.6 is 0 Å². The fourth-order valence-corrected chi connectivity index (χ4v) is 3.74. The highest BCUT2D eigenvalue weighted by atomic mass is 16.5. The van der Waals surface area contributed by atoms with Crippen molar-refractivity contribution < 1.29 is 9.53 Å². The van der Waals surface area contributed by atoms with Crippen molar-refractivity contribution in [1.82, 2.24) is 9.55 Å². The van der Waals surface area contributed by atoms with Crippen LogP contribution in [0.4, 0.5) is 0 Å². The van der Waals surface area contributed by atoms with Crippen molar-refractivity contribution >= 4 is 5.91 Å². The van der Waals surface area contributed by atoms with E-state index < -0.39 is 5.91 Å². The minimum absolute atomic E-state index is 0.409. The molecular weight excluding hydrogens is 350 g/mol. The van der Waals surface area contributed by atoms with Crippen molar-refractivity contribution in [3.8, 4) is 16.9 Å². The number of methoxy groups -OCH3 is 1. The van der Waals surface area contributed by atoms with Gasteiger partial charge in [0.25, 0.3) is 5.91 Å². The summed E-state index contributed by atoms with van der Waals surface area (Å²) in [6, 6.07) is 11.8. The summed E-state index contributed by atoms with van der Waals surface area (Å²) in [5.74, 6) is 0.425. The summed E-state index contributed by atoms with van der Waals surface area (Å²) < 4.78 is 7.74. The Kier molecular flexibility index (Phi) is 6.14. The number of ether oxygens (including phenoxy) is 1. The van der Waals surface area contributed by atoms with Crippen LogP contribution in [-0.4, -0.2) is 22.6 Å². The van der Waals surface area contributed by atoms with E-state index in [4.69, 9.17) is 10.5 Å². The Labute approximate surface area is 166 Å². The van der Waals surface area contributed by atoms with Crippen molar-refractivity contribution in [2.75, 3.05) is 7.11 Å². The molecule has 5 heteroatoms. The maximum absolute atomic E-state index is 12.4. The fourth-order valence-electron chi connectivity index (χ4n) is 3.74. The summed E-state index contributed by atoms with van der Waals surface area (Å²) >= 11 is 0. The van der Waals surface area contributed by atoms with Gasteiger partial charge < -0.3 is 15.0 Å². The quantitative estimate of drug-likeness (QED) is 0.634. The number of nitrogens with zero attached hydrogens (tertiary/aromatic N) is 2. The molecule has 0 radical (unpaired) electrons. The Hall–Kier alpha value is -3.08. The molecule has 2 aromatic heterocycles. The molecule has 0 unspecified atom stereocenters. The van der Waals surface area contributed by atoms with E-state index in [9.17, 15) is 4.79 Å². The molecule has 1 aromatic carbocycles. The van der Waals surface area contributed by atoms with Crippen LogP contribution in [0.25, 0.3) is 11.1 Å². The van der Waals surface area contributed by atoms with E-state index in [1.165, 1.54) is 0 Å². The number of nitrogens with two attached hydrogens (primary N) is 1. The molecule has 0 bridgehead atoms. The zero-order valence-corrected chi connectivity index (χ0v) is 16.7. The summed E-state index contributed by atoms with van der Waals surface area (Å²) in [5.41, 5.74) is 11.3. The Morgan fingerprint density at radius 2 is 2.00 bits per heavy atom. The Balaban J connectivity index is 2.22. The van der Waals surface area contributed by atoms with Gasteiger partial charge in [-0.25, -0.2) is 0 Å². The van der Waals surface area contributed by atoms with Gasteiger partial charge in [-0.15, -0.1) is 0 Å². The molecule has 2 heterocycles. The van der Waals surface area contributed by atoms with Crippen molar-refractivity contribution in [1.29, 1.82) is 0 Å². The smallest absolute Gasteiger partial charge is 0.251 e. The Morgan fingerprint density at radius 3 is 2.64 bits per heavy atom. The summed E-state index contributed by atoms with van der Waals surface area (Å²) in [7, 11) is 1.68. The first kappa shape index (κ1) is 19.7. The summed E-state index contributed by atoms with van der Waals surface area (Å²) in [4.78, 5) is 16.6. The number of hydrogen-bond donors (Lipinski definition) is 1. The first-order valence-electron chi connectivity index (χ1n) is 9.62. The van der Waals surface area contributed by atoms with Gasteiger partial charge in [-0.3, -0.25) is 9.78 Å². The molecule has 1 amide bonds. The Morgan fingerprint density at radius 1 is 1.21 bits per heavy atom. The lowest BCUT2D eigenvalue weighted by atomic mass is 9.99. The molecule has 0 aliphatic carbocycles. The molecule has 28 heavy (non-hydrogen) atoms. The SMILES string of the molecule is CCCCc1c(-c2cccnc2)c(C(N)=O)c(C)n1Cc1ccccc1OC. The number of primary amides is 1. The minimum Gasteiger partial charge on any atom is -0.496 e. The number of hydrogen-bond acceptors (Lipinski definition) is 3. The van der Waals surface area contributed by atoms with Gasteiger partial charge in [-0.05, 0) is 31.9 Å². The normalized spacial score (nSPS) is 10.8. The number of carbonyl (C=O) groups excluding carboxylic acids is 1. The molecular formula is C23H27N3O2. The molecule has 0 saturated carbocycles. The second kappa shape index (κ2) is 8.74. The first-order valence-corrected chi connectivity index (χ1v) is 9.62. The number of para-hydroxylation sites is 1. The highest BCUT2D eigenvalue weighted by Crippen LogP contribution is 2.34. The number of pyridine rings is 1. The zero-order chi connectivity index (χ0) is 20.1. The lowest BCUT2D eigenvalue weighted by molar-refractivity contribution is 0.1000. The third-order valence-electron chi connectivity index (χ3n) is 5.12.